The van der Waals surface area contributed by atoms with E-state index in [-0.39, 0.29) is 29.9 Å². The number of hydrogen-bond donors (Lipinski definition) is 2. The van der Waals surface area contributed by atoms with Crippen molar-refractivity contribution < 1.29 is 4.79 Å². The Hall–Kier alpha value is -1.31. The molecule has 5 nitrogen and oxygen atoms in total. The van der Waals surface area contributed by atoms with E-state index in [1.807, 2.05) is 4.90 Å². The van der Waals surface area contributed by atoms with Gasteiger partial charge in [-0.25, -0.2) is 4.99 Å². The van der Waals surface area contributed by atoms with E-state index >= 15 is 0 Å². The van der Waals surface area contributed by atoms with Crippen LogP contribution in [0.1, 0.15) is 76.8 Å². The van der Waals surface area contributed by atoms with Gasteiger partial charge in [-0.15, -0.1) is 24.0 Å². The third kappa shape index (κ3) is 9.83. The Labute approximate surface area is 194 Å². The zero-order valence-corrected chi connectivity index (χ0v) is 20.7. The highest BCUT2D eigenvalue weighted by Crippen LogP contribution is 2.15. The number of halogens is 1. The molecule has 0 radical (unpaired) electrons. The minimum atomic E-state index is 0. The molecule has 2 N–H and O–H groups in total. The Morgan fingerprint density at radius 3 is 2.48 bits per heavy atom. The van der Waals surface area contributed by atoms with Crippen molar-refractivity contribution in [2.75, 3.05) is 13.1 Å². The molecule has 1 aromatic rings. The van der Waals surface area contributed by atoms with Crippen LogP contribution in [-0.4, -0.2) is 35.9 Å². The molecule has 1 atom stereocenters. The number of carbonyl (C=O) groups is 1. The highest BCUT2D eigenvalue weighted by Gasteiger charge is 2.19. The Kier molecular flexibility index (Phi) is 13.0. The molecule has 1 aliphatic heterocycles. The molecule has 0 bridgehead atoms. The molecule has 29 heavy (non-hydrogen) atoms. The van der Waals surface area contributed by atoms with E-state index < -0.39 is 0 Å². The minimum Gasteiger partial charge on any atom is -0.357 e. The predicted molar refractivity (Wildman–Crippen MR) is 133 cm³/mol. The van der Waals surface area contributed by atoms with Crippen molar-refractivity contribution in [3.05, 3.63) is 35.4 Å². The van der Waals surface area contributed by atoms with Gasteiger partial charge in [0.15, 0.2) is 5.96 Å². The maximum absolute atomic E-state index is 11.8. The minimum absolute atomic E-state index is 0. The first-order chi connectivity index (χ1) is 13.6. The van der Waals surface area contributed by atoms with Crippen LogP contribution in [0.2, 0.25) is 0 Å². The largest absolute Gasteiger partial charge is 0.357 e. The van der Waals surface area contributed by atoms with Crippen LogP contribution in [0.5, 0.6) is 0 Å². The van der Waals surface area contributed by atoms with E-state index in [1.54, 1.807) is 0 Å². The van der Waals surface area contributed by atoms with Gasteiger partial charge in [0.05, 0.1) is 6.54 Å². The smallest absolute Gasteiger partial charge is 0.222 e. The van der Waals surface area contributed by atoms with Crippen molar-refractivity contribution in [1.29, 1.82) is 0 Å². The number of hydrogen-bond acceptors (Lipinski definition) is 2. The van der Waals surface area contributed by atoms with Gasteiger partial charge in [0.1, 0.15) is 0 Å². The molecular weight excluding hydrogens is 475 g/mol. The molecule has 1 aromatic carbocycles. The molecule has 2 rings (SSSR count). The van der Waals surface area contributed by atoms with E-state index in [4.69, 9.17) is 4.99 Å². The highest BCUT2D eigenvalue weighted by atomic mass is 127. The summed E-state index contributed by atoms with van der Waals surface area (Å²) < 4.78 is 0. The summed E-state index contributed by atoms with van der Waals surface area (Å²) in [6.07, 6.45) is 8.04. The number of unbranched alkanes of at least 4 members (excludes halogenated alkanes) is 3. The van der Waals surface area contributed by atoms with E-state index in [9.17, 15) is 4.79 Å². The average Bonchev–Trinajstić information content (AvgIpc) is 3.09. The Balaban J connectivity index is 0.00000420. The molecule has 1 heterocycles. The quantitative estimate of drug-likeness (QED) is 0.192. The molecular formula is C23H39IN4O. The van der Waals surface area contributed by atoms with Crippen molar-refractivity contribution in [2.24, 2.45) is 4.99 Å². The van der Waals surface area contributed by atoms with Gasteiger partial charge in [0.25, 0.3) is 0 Å². The fourth-order valence-electron chi connectivity index (χ4n) is 3.51. The number of nitrogens with one attached hydrogen (secondary N) is 2. The molecule has 1 aliphatic rings. The summed E-state index contributed by atoms with van der Waals surface area (Å²) in [5.41, 5.74) is 2.37. The molecule has 0 aliphatic carbocycles. The van der Waals surface area contributed by atoms with Crippen LogP contribution in [-0.2, 0) is 17.9 Å². The Morgan fingerprint density at radius 1 is 1.14 bits per heavy atom. The van der Waals surface area contributed by atoms with Crippen LogP contribution in [0.15, 0.2) is 29.3 Å². The summed E-state index contributed by atoms with van der Waals surface area (Å²) in [4.78, 5) is 18.5. The van der Waals surface area contributed by atoms with Gasteiger partial charge in [-0.2, -0.15) is 0 Å². The highest BCUT2D eigenvalue weighted by molar-refractivity contribution is 14.0. The number of benzene rings is 1. The Morgan fingerprint density at radius 2 is 1.86 bits per heavy atom. The molecule has 1 fully saturated rings. The number of amides is 1. The first-order valence-corrected chi connectivity index (χ1v) is 11.0. The van der Waals surface area contributed by atoms with E-state index in [0.29, 0.717) is 19.0 Å². The van der Waals surface area contributed by atoms with Crippen LogP contribution in [0.4, 0.5) is 0 Å². The van der Waals surface area contributed by atoms with Gasteiger partial charge >= 0.3 is 0 Å². The van der Waals surface area contributed by atoms with Crippen molar-refractivity contribution in [2.45, 2.75) is 84.8 Å². The molecule has 0 saturated carbocycles. The van der Waals surface area contributed by atoms with Crippen molar-refractivity contribution >= 4 is 35.8 Å². The van der Waals surface area contributed by atoms with Gasteiger partial charge in [0.2, 0.25) is 5.91 Å². The third-order valence-electron chi connectivity index (χ3n) is 5.21. The summed E-state index contributed by atoms with van der Waals surface area (Å²) in [6.45, 7) is 9.69. The summed E-state index contributed by atoms with van der Waals surface area (Å²) in [5.74, 6) is 1.16. The number of guanidine groups is 1. The fraction of sp³-hybridized carbons (Fsp3) is 0.652. The second-order valence-electron chi connectivity index (χ2n) is 7.83. The number of rotatable bonds is 11. The number of nitrogens with zero attached hydrogens (tertiary/aromatic N) is 2. The second-order valence-corrected chi connectivity index (χ2v) is 7.83. The molecule has 0 aromatic heterocycles. The molecule has 1 amide bonds. The van der Waals surface area contributed by atoms with Crippen molar-refractivity contribution in [1.82, 2.24) is 15.5 Å². The average molecular weight is 514 g/mol. The Bertz CT molecular complexity index is 618. The monoisotopic (exact) mass is 514 g/mol. The maximum atomic E-state index is 11.8. The number of carbonyl (C=O) groups excluding carboxylic acids is 1. The standard InChI is InChI=1S/C23H38N4O.HI/c1-4-6-7-8-10-19(3)26-23(24-5-2)25-17-20-12-14-21(15-13-20)18-27-16-9-11-22(27)28;/h12-15,19H,4-11,16-18H2,1-3H3,(H2,24,25,26);1H. The van der Waals surface area contributed by atoms with Crippen LogP contribution in [0, 0.1) is 0 Å². The first-order valence-electron chi connectivity index (χ1n) is 11.0. The van der Waals surface area contributed by atoms with Crippen LogP contribution < -0.4 is 10.6 Å². The number of likely N-dealkylation sites (tertiary alicyclic amines) is 1. The van der Waals surface area contributed by atoms with E-state index in [1.165, 1.54) is 43.2 Å². The molecule has 164 valence electrons. The summed E-state index contributed by atoms with van der Waals surface area (Å²) in [7, 11) is 0. The summed E-state index contributed by atoms with van der Waals surface area (Å²) in [6, 6.07) is 8.91. The SMILES string of the molecule is CCCCCCC(C)NC(=NCc1ccc(CN2CCCC2=O)cc1)NCC.I. The van der Waals surface area contributed by atoms with Gasteiger partial charge < -0.3 is 15.5 Å². The molecule has 1 saturated heterocycles. The lowest BCUT2D eigenvalue weighted by Gasteiger charge is -2.18. The summed E-state index contributed by atoms with van der Waals surface area (Å²) in [5, 5.41) is 6.87. The zero-order valence-electron chi connectivity index (χ0n) is 18.4. The van der Waals surface area contributed by atoms with Crippen LogP contribution in [0.25, 0.3) is 0 Å². The van der Waals surface area contributed by atoms with Crippen LogP contribution in [0.3, 0.4) is 0 Å². The van der Waals surface area contributed by atoms with Crippen LogP contribution >= 0.6 is 24.0 Å². The lowest BCUT2D eigenvalue weighted by atomic mass is 10.1. The van der Waals surface area contributed by atoms with Gasteiger partial charge in [-0.1, -0.05) is 56.9 Å². The molecule has 6 heteroatoms. The summed E-state index contributed by atoms with van der Waals surface area (Å²) >= 11 is 0. The topological polar surface area (TPSA) is 56.7 Å². The maximum Gasteiger partial charge on any atom is 0.222 e. The number of aliphatic imine (C=N–C) groups is 1. The zero-order chi connectivity index (χ0) is 20.2. The fourth-order valence-corrected chi connectivity index (χ4v) is 3.51. The normalized spacial score (nSPS) is 15.2. The van der Waals surface area contributed by atoms with Crippen molar-refractivity contribution in [3.63, 3.8) is 0 Å². The van der Waals surface area contributed by atoms with Gasteiger partial charge in [-0.3, -0.25) is 4.79 Å². The van der Waals surface area contributed by atoms with Crippen molar-refractivity contribution in [3.8, 4) is 0 Å². The van der Waals surface area contributed by atoms with E-state index in [0.717, 1.165) is 32.0 Å². The third-order valence-corrected chi connectivity index (χ3v) is 5.21. The molecule has 1 unspecified atom stereocenters. The first kappa shape index (κ1) is 25.7. The van der Waals surface area contributed by atoms with Gasteiger partial charge in [0, 0.05) is 32.1 Å². The van der Waals surface area contributed by atoms with Gasteiger partial charge in [-0.05, 0) is 37.8 Å². The van der Waals surface area contributed by atoms with E-state index in [2.05, 4.69) is 55.7 Å². The lowest BCUT2D eigenvalue weighted by molar-refractivity contribution is -0.128. The molecule has 0 spiro atoms. The lowest BCUT2D eigenvalue weighted by Crippen LogP contribution is -2.42. The second kappa shape index (κ2) is 14.6. The predicted octanol–water partition coefficient (Wildman–Crippen LogP) is 4.84.